The van der Waals surface area contributed by atoms with Gasteiger partial charge in [0.25, 0.3) is 0 Å². The Morgan fingerprint density at radius 2 is 2.00 bits per heavy atom. The summed E-state index contributed by atoms with van der Waals surface area (Å²) in [6, 6.07) is 1.95. The predicted octanol–water partition coefficient (Wildman–Crippen LogP) is -0.392. The zero-order valence-electron chi connectivity index (χ0n) is 10.9. The molecule has 4 aliphatic rings. The van der Waals surface area contributed by atoms with Crippen molar-refractivity contribution in [3.8, 4) is 6.07 Å². The minimum atomic E-state index is -1.53. The van der Waals surface area contributed by atoms with Gasteiger partial charge in [0.05, 0.1) is 0 Å². The van der Waals surface area contributed by atoms with Gasteiger partial charge in [-0.1, -0.05) is 5.16 Å². The number of esters is 2. The topological polar surface area (TPSA) is 101 Å². The lowest BCUT2D eigenvalue weighted by atomic mass is 9.73. The van der Waals surface area contributed by atoms with Crippen molar-refractivity contribution < 1.29 is 23.9 Å². The Morgan fingerprint density at radius 1 is 1.40 bits per heavy atom. The fourth-order valence-electron chi connectivity index (χ4n) is 3.31. The average Bonchev–Trinajstić information content (AvgIpc) is 2.74. The first-order chi connectivity index (χ1) is 9.62. The maximum Gasteiger partial charge on any atom is 0.421 e. The summed E-state index contributed by atoms with van der Waals surface area (Å²) < 4.78 is 10.4. The minimum Gasteiger partial charge on any atom is -0.399 e. The van der Waals surface area contributed by atoms with Crippen LogP contribution < -0.4 is 0 Å². The molecule has 1 unspecified atom stereocenters. The molecule has 1 atom stereocenters. The van der Waals surface area contributed by atoms with E-state index in [1.807, 2.05) is 6.07 Å². The molecule has 4 fully saturated rings. The highest BCUT2D eigenvalue weighted by Gasteiger charge is 2.66. The van der Waals surface area contributed by atoms with Crippen molar-refractivity contribution in [1.82, 2.24) is 4.90 Å². The quantitative estimate of drug-likeness (QED) is 0.293. The van der Waals surface area contributed by atoms with Crippen LogP contribution in [0.4, 0.5) is 0 Å². The van der Waals surface area contributed by atoms with Crippen LogP contribution in [0.2, 0.25) is 0 Å². The number of rotatable bonds is 2. The number of fused-ring (bicyclic) bond motifs is 2. The molecule has 4 rings (SSSR count). The number of nitriles is 1. The molecule has 4 aliphatic heterocycles. The number of hydrogen-bond donors (Lipinski definition) is 0. The molecule has 8 heteroatoms. The van der Waals surface area contributed by atoms with Gasteiger partial charge in [0.1, 0.15) is 19.1 Å². The summed E-state index contributed by atoms with van der Waals surface area (Å²) in [5, 5.41) is 13.0. The maximum absolute atomic E-state index is 11.5. The summed E-state index contributed by atoms with van der Waals surface area (Å²) in [6.45, 7) is 1.29. The van der Waals surface area contributed by atoms with Gasteiger partial charge in [-0.3, -0.25) is 0 Å². The van der Waals surface area contributed by atoms with Crippen molar-refractivity contribution in [3.63, 3.8) is 0 Å². The summed E-state index contributed by atoms with van der Waals surface area (Å²) >= 11 is 0. The minimum absolute atomic E-state index is 0.0623. The summed E-state index contributed by atoms with van der Waals surface area (Å²) in [5.74, 6) is -4.13. The van der Waals surface area contributed by atoms with E-state index in [1.165, 1.54) is 7.11 Å². The standard InChI is InChI=1S/C12H13N3O5/c1-18-14-8(6-13)9-7-2-4-15(5-3-7)12(9)19-10(16)11(17)20-12/h7,9H,2-5H2,1H3/b14-8+. The van der Waals surface area contributed by atoms with Gasteiger partial charge in [0.15, 0.2) is 5.71 Å². The Balaban J connectivity index is 2.05. The SMILES string of the molecule is CO/N=C(\C#N)C1C2CCN(CC2)C12OC(=O)C(=O)O2. The smallest absolute Gasteiger partial charge is 0.399 e. The maximum atomic E-state index is 11.5. The van der Waals surface area contributed by atoms with Gasteiger partial charge in [0.2, 0.25) is 0 Å². The van der Waals surface area contributed by atoms with E-state index in [0.29, 0.717) is 13.1 Å². The molecular formula is C12H13N3O5. The van der Waals surface area contributed by atoms with Crippen molar-refractivity contribution in [2.75, 3.05) is 20.2 Å². The summed E-state index contributed by atoms with van der Waals surface area (Å²) in [7, 11) is 1.33. The zero-order valence-corrected chi connectivity index (χ0v) is 10.9. The Labute approximate surface area is 114 Å². The highest BCUT2D eigenvalue weighted by molar-refractivity contribution is 6.31. The number of hydrogen-bond acceptors (Lipinski definition) is 8. The van der Waals surface area contributed by atoms with E-state index in [9.17, 15) is 14.9 Å². The van der Waals surface area contributed by atoms with Gasteiger partial charge in [-0.25, -0.2) is 14.5 Å². The molecule has 0 aliphatic carbocycles. The molecule has 0 aromatic carbocycles. The monoisotopic (exact) mass is 279 g/mol. The first-order valence-electron chi connectivity index (χ1n) is 6.35. The summed E-state index contributed by atoms with van der Waals surface area (Å²) in [5.41, 5.74) is 0.0735. The van der Waals surface area contributed by atoms with Crippen LogP contribution in [0.5, 0.6) is 0 Å². The highest BCUT2D eigenvalue weighted by atomic mass is 16.8. The van der Waals surface area contributed by atoms with Gasteiger partial charge >= 0.3 is 17.8 Å². The van der Waals surface area contributed by atoms with E-state index in [-0.39, 0.29) is 11.6 Å². The van der Waals surface area contributed by atoms with E-state index in [4.69, 9.17) is 9.47 Å². The third-order valence-corrected chi connectivity index (χ3v) is 4.09. The number of nitrogens with zero attached hydrogens (tertiary/aromatic N) is 3. The molecule has 0 amide bonds. The molecule has 4 heterocycles. The Morgan fingerprint density at radius 3 is 2.50 bits per heavy atom. The number of piperidine rings is 3. The van der Waals surface area contributed by atoms with E-state index < -0.39 is 23.8 Å². The van der Waals surface area contributed by atoms with Crippen LogP contribution in [0.25, 0.3) is 0 Å². The molecule has 0 aromatic heterocycles. The van der Waals surface area contributed by atoms with E-state index in [2.05, 4.69) is 9.99 Å². The first-order valence-corrected chi connectivity index (χ1v) is 6.35. The van der Waals surface area contributed by atoms with Gasteiger partial charge in [-0.2, -0.15) is 5.26 Å². The molecule has 1 spiro atoms. The van der Waals surface area contributed by atoms with Crippen LogP contribution in [0.3, 0.4) is 0 Å². The lowest BCUT2D eigenvalue weighted by Crippen LogP contribution is -2.67. The molecule has 20 heavy (non-hydrogen) atoms. The largest absolute Gasteiger partial charge is 0.421 e. The van der Waals surface area contributed by atoms with Gasteiger partial charge in [-0.05, 0) is 18.8 Å². The van der Waals surface area contributed by atoms with Crippen molar-refractivity contribution in [2.24, 2.45) is 17.0 Å². The molecule has 8 nitrogen and oxygen atoms in total. The van der Waals surface area contributed by atoms with E-state index in [0.717, 1.165) is 12.8 Å². The summed E-state index contributed by atoms with van der Waals surface area (Å²) in [6.07, 6.45) is 1.65. The van der Waals surface area contributed by atoms with Crippen LogP contribution >= 0.6 is 0 Å². The van der Waals surface area contributed by atoms with E-state index in [1.54, 1.807) is 4.90 Å². The van der Waals surface area contributed by atoms with Gasteiger partial charge in [0, 0.05) is 13.1 Å². The van der Waals surface area contributed by atoms with Crippen LogP contribution in [0.15, 0.2) is 5.16 Å². The molecular weight excluding hydrogens is 266 g/mol. The van der Waals surface area contributed by atoms with Crippen molar-refractivity contribution in [2.45, 2.75) is 18.8 Å². The first kappa shape index (κ1) is 12.9. The summed E-state index contributed by atoms with van der Waals surface area (Å²) in [4.78, 5) is 29.4. The average molecular weight is 279 g/mol. The Bertz CT molecular complexity index is 514. The van der Waals surface area contributed by atoms with Crippen LogP contribution in [-0.2, 0) is 23.9 Å². The molecule has 0 N–H and O–H groups in total. The van der Waals surface area contributed by atoms with Gasteiger partial charge in [-0.15, -0.1) is 0 Å². The van der Waals surface area contributed by atoms with Crippen LogP contribution in [0.1, 0.15) is 12.8 Å². The van der Waals surface area contributed by atoms with Crippen molar-refractivity contribution in [1.29, 1.82) is 5.26 Å². The fourth-order valence-corrected chi connectivity index (χ4v) is 3.31. The third-order valence-electron chi connectivity index (χ3n) is 4.09. The molecule has 0 radical (unpaired) electrons. The molecule has 4 saturated heterocycles. The molecule has 2 bridgehead atoms. The Kier molecular flexibility index (Phi) is 2.87. The predicted molar refractivity (Wildman–Crippen MR) is 62.8 cm³/mol. The zero-order chi connectivity index (χ0) is 14.3. The highest BCUT2D eigenvalue weighted by Crippen LogP contribution is 2.48. The third kappa shape index (κ3) is 1.59. The Hall–Kier alpha value is -2.14. The second-order valence-electron chi connectivity index (χ2n) is 4.98. The second kappa shape index (κ2) is 4.45. The van der Waals surface area contributed by atoms with Crippen molar-refractivity contribution in [3.05, 3.63) is 0 Å². The normalized spacial score (nSPS) is 34.6. The van der Waals surface area contributed by atoms with Crippen LogP contribution in [0, 0.1) is 23.2 Å². The number of carbonyl (C=O) groups is 2. The lowest BCUT2D eigenvalue weighted by molar-refractivity contribution is -0.303. The van der Waals surface area contributed by atoms with Crippen LogP contribution in [-0.4, -0.2) is 48.7 Å². The second-order valence-corrected chi connectivity index (χ2v) is 4.98. The number of ether oxygens (including phenoxy) is 2. The number of carbonyl (C=O) groups excluding carboxylic acids is 2. The molecule has 0 aromatic rings. The van der Waals surface area contributed by atoms with Gasteiger partial charge < -0.3 is 14.3 Å². The fraction of sp³-hybridized carbons (Fsp3) is 0.667. The number of oxime groups is 1. The molecule has 0 saturated carbocycles. The molecule has 106 valence electrons. The van der Waals surface area contributed by atoms with E-state index >= 15 is 0 Å². The lowest BCUT2D eigenvalue weighted by Gasteiger charge is -2.52. The van der Waals surface area contributed by atoms with Crippen molar-refractivity contribution >= 4 is 17.7 Å².